The molecular weight excluding hydrogens is 224 g/mol. The van der Waals surface area contributed by atoms with Gasteiger partial charge in [-0.05, 0) is 31.0 Å². The third-order valence-electron chi connectivity index (χ3n) is 2.29. The van der Waals surface area contributed by atoms with Crippen LogP contribution in [0, 0.1) is 11.8 Å². The molecule has 0 fully saturated rings. The van der Waals surface area contributed by atoms with Crippen molar-refractivity contribution in [3.63, 3.8) is 0 Å². The van der Waals surface area contributed by atoms with E-state index in [1.807, 2.05) is 0 Å². The molecule has 0 saturated carbocycles. The normalized spacial score (nSPS) is 11.8. The molecule has 2 N–H and O–H groups in total. The van der Waals surface area contributed by atoms with E-state index in [0.29, 0.717) is 0 Å². The van der Waals surface area contributed by atoms with Gasteiger partial charge in [-0.2, -0.15) is 8.78 Å². The van der Waals surface area contributed by atoms with Crippen molar-refractivity contribution in [3.05, 3.63) is 29.8 Å². The van der Waals surface area contributed by atoms with Gasteiger partial charge in [0.25, 0.3) is 0 Å². The van der Waals surface area contributed by atoms with Gasteiger partial charge in [0.05, 0.1) is 0 Å². The lowest BCUT2D eigenvalue weighted by molar-refractivity contribution is -0.0498. The van der Waals surface area contributed by atoms with Crippen LogP contribution in [-0.2, 0) is 0 Å². The quantitative estimate of drug-likeness (QED) is 0.801. The Kier molecular flexibility index (Phi) is 5.44. The minimum absolute atomic E-state index is 0.128. The van der Waals surface area contributed by atoms with E-state index in [1.165, 1.54) is 12.1 Å². The van der Waals surface area contributed by atoms with E-state index in [2.05, 4.69) is 16.6 Å². The van der Waals surface area contributed by atoms with Crippen LogP contribution < -0.4 is 10.5 Å². The summed E-state index contributed by atoms with van der Waals surface area (Å²) in [4.78, 5) is 0. The van der Waals surface area contributed by atoms with Crippen molar-refractivity contribution in [1.29, 1.82) is 0 Å². The van der Waals surface area contributed by atoms with E-state index in [-0.39, 0.29) is 11.8 Å². The van der Waals surface area contributed by atoms with Crippen molar-refractivity contribution < 1.29 is 13.5 Å². The van der Waals surface area contributed by atoms with Gasteiger partial charge in [-0.25, -0.2) is 0 Å². The van der Waals surface area contributed by atoms with Crippen LogP contribution in [-0.4, -0.2) is 6.61 Å². The molecule has 1 aromatic rings. The van der Waals surface area contributed by atoms with Gasteiger partial charge in [0.2, 0.25) is 0 Å². The van der Waals surface area contributed by atoms with Crippen LogP contribution in [0.25, 0.3) is 0 Å². The molecule has 1 aromatic carbocycles. The van der Waals surface area contributed by atoms with Gasteiger partial charge >= 0.3 is 6.61 Å². The molecule has 4 heteroatoms. The third kappa shape index (κ3) is 4.83. The van der Waals surface area contributed by atoms with Gasteiger partial charge in [0.15, 0.2) is 0 Å². The zero-order valence-electron chi connectivity index (χ0n) is 9.62. The lowest BCUT2D eigenvalue weighted by atomic mass is 10.0. The summed E-state index contributed by atoms with van der Waals surface area (Å²) < 4.78 is 28.1. The van der Waals surface area contributed by atoms with E-state index in [9.17, 15) is 8.78 Å². The van der Waals surface area contributed by atoms with Gasteiger partial charge in [0.1, 0.15) is 5.75 Å². The summed E-state index contributed by atoms with van der Waals surface area (Å²) in [5.74, 6) is 5.87. The lowest BCUT2D eigenvalue weighted by Crippen LogP contribution is -2.10. The number of ether oxygens (including phenoxy) is 1. The van der Waals surface area contributed by atoms with E-state index in [1.54, 1.807) is 19.1 Å². The fourth-order valence-corrected chi connectivity index (χ4v) is 1.42. The van der Waals surface area contributed by atoms with Gasteiger partial charge in [-0.15, -0.1) is 11.8 Å². The number of rotatable bonds is 5. The fraction of sp³-hybridized carbons (Fsp3) is 0.385. The maximum atomic E-state index is 11.9. The van der Waals surface area contributed by atoms with Crippen LogP contribution in [0.4, 0.5) is 8.78 Å². The molecule has 0 aliphatic heterocycles. The van der Waals surface area contributed by atoms with Crippen molar-refractivity contribution in [2.45, 2.75) is 32.4 Å². The highest BCUT2D eigenvalue weighted by Crippen LogP contribution is 2.20. The first-order valence-electron chi connectivity index (χ1n) is 5.33. The molecule has 1 unspecified atom stereocenters. The number of alkyl halides is 2. The van der Waals surface area contributed by atoms with Crippen LogP contribution >= 0.6 is 0 Å². The molecule has 0 aliphatic rings. The van der Waals surface area contributed by atoms with E-state index in [0.717, 1.165) is 18.4 Å². The van der Waals surface area contributed by atoms with Gasteiger partial charge in [-0.3, -0.25) is 0 Å². The Labute approximate surface area is 99.8 Å². The molecule has 0 saturated heterocycles. The van der Waals surface area contributed by atoms with Crippen LogP contribution in [0.2, 0.25) is 0 Å². The number of halogens is 2. The minimum Gasteiger partial charge on any atom is -0.435 e. The minimum atomic E-state index is -2.80. The largest absolute Gasteiger partial charge is 0.435 e. The maximum Gasteiger partial charge on any atom is 0.387 e. The van der Waals surface area contributed by atoms with Crippen molar-refractivity contribution >= 4 is 0 Å². The monoisotopic (exact) mass is 239 g/mol. The second-order valence-corrected chi connectivity index (χ2v) is 3.52. The van der Waals surface area contributed by atoms with Crippen molar-refractivity contribution in [1.82, 2.24) is 0 Å². The van der Waals surface area contributed by atoms with Crippen LogP contribution in [0.3, 0.4) is 0 Å². The summed E-state index contributed by atoms with van der Waals surface area (Å²) in [7, 11) is 0. The second kappa shape index (κ2) is 6.87. The van der Waals surface area contributed by atoms with Crippen LogP contribution in [0.15, 0.2) is 24.3 Å². The summed E-state index contributed by atoms with van der Waals surface area (Å²) in [5, 5.41) is 0. The van der Waals surface area contributed by atoms with Crippen molar-refractivity contribution in [2.75, 3.05) is 0 Å². The van der Waals surface area contributed by atoms with Gasteiger partial charge in [-0.1, -0.05) is 12.1 Å². The van der Waals surface area contributed by atoms with Crippen molar-refractivity contribution in [2.24, 2.45) is 5.73 Å². The molecule has 1 atom stereocenters. The smallest absolute Gasteiger partial charge is 0.387 e. The van der Waals surface area contributed by atoms with Gasteiger partial charge < -0.3 is 10.5 Å². The Bertz CT molecular complexity index is 392. The van der Waals surface area contributed by atoms with Crippen LogP contribution in [0.5, 0.6) is 5.75 Å². The molecule has 17 heavy (non-hydrogen) atoms. The third-order valence-corrected chi connectivity index (χ3v) is 2.29. The maximum absolute atomic E-state index is 11.9. The summed E-state index contributed by atoms with van der Waals surface area (Å²) in [6.07, 6.45) is 1.48. The molecule has 0 aromatic heterocycles. The van der Waals surface area contributed by atoms with Gasteiger partial charge in [0, 0.05) is 12.5 Å². The highest BCUT2D eigenvalue weighted by Gasteiger charge is 2.07. The average Bonchev–Trinajstić information content (AvgIpc) is 2.29. The molecule has 0 aliphatic carbocycles. The first-order valence-corrected chi connectivity index (χ1v) is 5.33. The molecule has 92 valence electrons. The average molecular weight is 239 g/mol. The molecule has 2 nitrogen and oxygen atoms in total. The van der Waals surface area contributed by atoms with E-state index >= 15 is 0 Å². The van der Waals surface area contributed by atoms with Crippen molar-refractivity contribution in [3.8, 4) is 17.6 Å². The topological polar surface area (TPSA) is 35.2 Å². The molecule has 1 rings (SSSR count). The summed E-state index contributed by atoms with van der Waals surface area (Å²) in [6.45, 7) is -1.02. The molecule has 0 amide bonds. The molecular formula is C13H15F2NO. The SMILES string of the molecule is CC#CCCC(N)c1ccc(OC(F)F)cc1. The first kappa shape index (κ1) is 13.5. The standard InChI is InChI=1S/C13H15F2NO/c1-2-3-4-5-12(16)10-6-8-11(9-7-10)17-13(14)15/h6-9,12-13H,4-5,16H2,1H3. The number of nitrogens with two attached hydrogens (primary N) is 1. The summed E-state index contributed by atoms with van der Waals surface area (Å²) in [6, 6.07) is 6.25. The Morgan fingerprint density at radius 3 is 2.47 bits per heavy atom. The Balaban J connectivity index is 2.56. The Morgan fingerprint density at radius 2 is 1.94 bits per heavy atom. The highest BCUT2D eigenvalue weighted by molar-refractivity contribution is 5.29. The fourth-order valence-electron chi connectivity index (χ4n) is 1.42. The lowest BCUT2D eigenvalue weighted by Gasteiger charge is -2.11. The number of hydrogen-bond donors (Lipinski definition) is 1. The van der Waals surface area contributed by atoms with E-state index < -0.39 is 6.61 Å². The number of hydrogen-bond acceptors (Lipinski definition) is 2. The van der Waals surface area contributed by atoms with Crippen LogP contribution in [0.1, 0.15) is 31.4 Å². The number of benzene rings is 1. The first-order chi connectivity index (χ1) is 8.13. The molecule has 0 spiro atoms. The predicted octanol–water partition coefficient (Wildman–Crippen LogP) is 3.09. The highest BCUT2D eigenvalue weighted by atomic mass is 19.3. The summed E-state index contributed by atoms with van der Waals surface area (Å²) in [5.41, 5.74) is 6.82. The van der Waals surface area contributed by atoms with E-state index in [4.69, 9.17) is 5.73 Å². The zero-order chi connectivity index (χ0) is 12.7. The molecule has 0 heterocycles. The predicted molar refractivity (Wildman–Crippen MR) is 62.7 cm³/mol. The molecule has 0 bridgehead atoms. The molecule has 0 radical (unpaired) electrons. The summed E-state index contributed by atoms with van der Waals surface area (Å²) >= 11 is 0. The Morgan fingerprint density at radius 1 is 1.29 bits per heavy atom. The second-order valence-electron chi connectivity index (χ2n) is 3.52. The Hall–Kier alpha value is -1.60. The zero-order valence-corrected chi connectivity index (χ0v) is 9.62.